The SMILES string of the molecule is O=C(Cc1cccc(O)c1)NC1CCCC1CO. The van der Waals surface area contributed by atoms with E-state index in [1.807, 2.05) is 6.07 Å². The molecule has 0 spiro atoms. The van der Waals surface area contributed by atoms with Crippen molar-refractivity contribution in [3.8, 4) is 5.75 Å². The molecule has 1 aliphatic rings. The molecule has 1 aliphatic carbocycles. The summed E-state index contributed by atoms with van der Waals surface area (Å²) in [5, 5.41) is 21.5. The van der Waals surface area contributed by atoms with Crippen molar-refractivity contribution in [1.82, 2.24) is 5.32 Å². The van der Waals surface area contributed by atoms with Crippen molar-refractivity contribution in [2.75, 3.05) is 6.61 Å². The number of amides is 1. The number of aliphatic hydroxyl groups is 1. The van der Waals surface area contributed by atoms with Gasteiger partial charge in [-0.15, -0.1) is 0 Å². The highest BCUT2D eigenvalue weighted by molar-refractivity contribution is 5.79. The summed E-state index contributed by atoms with van der Waals surface area (Å²) in [6.45, 7) is 0.136. The van der Waals surface area contributed by atoms with E-state index < -0.39 is 0 Å². The molecule has 0 heterocycles. The van der Waals surface area contributed by atoms with E-state index in [-0.39, 0.29) is 36.6 Å². The monoisotopic (exact) mass is 249 g/mol. The lowest BCUT2D eigenvalue weighted by Gasteiger charge is -2.19. The van der Waals surface area contributed by atoms with Gasteiger partial charge in [-0.1, -0.05) is 18.6 Å². The Kier molecular flexibility index (Phi) is 4.20. The Balaban J connectivity index is 1.89. The zero-order valence-corrected chi connectivity index (χ0v) is 10.3. The zero-order chi connectivity index (χ0) is 13.0. The smallest absolute Gasteiger partial charge is 0.224 e. The Morgan fingerprint density at radius 2 is 2.22 bits per heavy atom. The van der Waals surface area contributed by atoms with Crippen molar-refractivity contribution < 1.29 is 15.0 Å². The lowest BCUT2D eigenvalue weighted by Crippen LogP contribution is -2.39. The fourth-order valence-electron chi connectivity index (χ4n) is 2.56. The Morgan fingerprint density at radius 3 is 2.94 bits per heavy atom. The molecule has 0 bridgehead atoms. The van der Waals surface area contributed by atoms with Crippen LogP contribution in [0.15, 0.2) is 24.3 Å². The van der Waals surface area contributed by atoms with Gasteiger partial charge in [0.2, 0.25) is 5.91 Å². The van der Waals surface area contributed by atoms with E-state index in [0.29, 0.717) is 0 Å². The van der Waals surface area contributed by atoms with E-state index in [0.717, 1.165) is 24.8 Å². The number of nitrogens with one attached hydrogen (secondary N) is 1. The normalized spacial score (nSPS) is 22.9. The van der Waals surface area contributed by atoms with Crippen molar-refractivity contribution in [1.29, 1.82) is 0 Å². The van der Waals surface area contributed by atoms with Crippen LogP contribution >= 0.6 is 0 Å². The van der Waals surface area contributed by atoms with Crippen LogP contribution in [-0.2, 0) is 11.2 Å². The first-order chi connectivity index (χ1) is 8.69. The van der Waals surface area contributed by atoms with Gasteiger partial charge in [-0.2, -0.15) is 0 Å². The molecule has 0 aliphatic heterocycles. The van der Waals surface area contributed by atoms with Gasteiger partial charge in [0.25, 0.3) is 0 Å². The lowest BCUT2D eigenvalue weighted by atomic mass is 10.0. The zero-order valence-electron chi connectivity index (χ0n) is 10.3. The van der Waals surface area contributed by atoms with Crippen molar-refractivity contribution in [3.05, 3.63) is 29.8 Å². The van der Waals surface area contributed by atoms with Gasteiger partial charge in [0, 0.05) is 18.6 Å². The first kappa shape index (κ1) is 12.9. The maximum atomic E-state index is 11.9. The minimum atomic E-state index is -0.0500. The third-order valence-corrected chi connectivity index (χ3v) is 3.52. The van der Waals surface area contributed by atoms with Crippen molar-refractivity contribution >= 4 is 5.91 Å². The van der Waals surface area contributed by atoms with Gasteiger partial charge >= 0.3 is 0 Å². The number of hydrogen-bond acceptors (Lipinski definition) is 3. The molecule has 1 amide bonds. The summed E-state index contributed by atoms with van der Waals surface area (Å²) in [4.78, 5) is 11.9. The second-order valence-corrected chi connectivity index (χ2v) is 4.89. The summed E-state index contributed by atoms with van der Waals surface area (Å²) < 4.78 is 0. The van der Waals surface area contributed by atoms with Crippen LogP contribution in [0.1, 0.15) is 24.8 Å². The average molecular weight is 249 g/mol. The predicted octanol–water partition coefficient (Wildman–Crippen LogP) is 1.21. The topological polar surface area (TPSA) is 69.6 Å². The highest BCUT2D eigenvalue weighted by Crippen LogP contribution is 2.25. The van der Waals surface area contributed by atoms with Gasteiger partial charge in [0.15, 0.2) is 0 Å². The standard InChI is InChI=1S/C14H19NO3/c16-9-11-4-2-6-13(11)15-14(18)8-10-3-1-5-12(17)7-10/h1,3,5,7,11,13,16-17H,2,4,6,8-9H2,(H,15,18). The van der Waals surface area contributed by atoms with E-state index in [1.165, 1.54) is 0 Å². The molecule has 1 fully saturated rings. The lowest BCUT2D eigenvalue weighted by molar-refractivity contribution is -0.121. The van der Waals surface area contributed by atoms with E-state index in [1.54, 1.807) is 18.2 Å². The number of carbonyl (C=O) groups excluding carboxylic acids is 1. The minimum absolute atomic E-state index is 0.0500. The number of hydrogen-bond donors (Lipinski definition) is 3. The van der Waals surface area contributed by atoms with E-state index in [9.17, 15) is 15.0 Å². The molecular weight excluding hydrogens is 230 g/mol. The number of rotatable bonds is 4. The van der Waals surface area contributed by atoms with Crippen molar-refractivity contribution in [2.45, 2.75) is 31.7 Å². The molecule has 0 radical (unpaired) electrons. The Hall–Kier alpha value is -1.55. The minimum Gasteiger partial charge on any atom is -0.508 e. The summed E-state index contributed by atoms with van der Waals surface area (Å²) >= 11 is 0. The molecule has 4 nitrogen and oxygen atoms in total. The van der Waals surface area contributed by atoms with Crippen LogP contribution in [0.3, 0.4) is 0 Å². The van der Waals surface area contributed by atoms with Crippen LogP contribution in [0.5, 0.6) is 5.75 Å². The largest absolute Gasteiger partial charge is 0.508 e. The quantitative estimate of drug-likeness (QED) is 0.751. The summed E-state index contributed by atoms with van der Waals surface area (Å²) in [5.41, 5.74) is 0.797. The van der Waals surface area contributed by atoms with Gasteiger partial charge in [0.1, 0.15) is 5.75 Å². The van der Waals surface area contributed by atoms with E-state index >= 15 is 0 Å². The van der Waals surface area contributed by atoms with Crippen molar-refractivity contribution in [3.63, 3.8) is 0 Å². The van der Waals surface area contributed by atoms with Crippen LogP contribution in [0, 0.1) is 5.92 Å². The van der Waals surface area contributed by atoms with Gasteiger partial charge in [-0.25, -0.2) is 0 Å². The number of phenols is 1. The van der Waals surface area contributed by atoms with Crippen LogP contribution < -0.4 is 5.32 Å². The third-order valence-electron chi connectivity index (χ3n) is 3.52. The molecule has 4 heteroatoms. The number of carbonyl (C=O) groups is 1. The summed E-state index contributed by atoms with van der Waals surface area (Å²) in [5.74, 6) is 0.318. The second-order valence-electron chi connectivity index (χ2n) is 4.89. The van der Waals surface area contributed by atoms with E-state index in [4.69, 9.17) is 0 Å². The molecule has 2 unspecified atom stereocenters. The Morgan fingerprint density at radius 1 is 1.39 bits per heavy atom. The van der Waals surface area contributed by atoms with Crippen LogP contribution in [0.2, 0.25) is 0 Å². The summed E-state index contributed by atoms with van der Waals surface area (Å²) in [7, 11) is 0. The first-order valence-electron chi connectivity index (χ1n) is 6.37. The molecule has 1 aromatic rings. The Bertz CT molecular complexity index is 419. The molecule has 3 N–H and O–H groups in total. The second kappa shape index (κ2) is 5.87. The van der Waals surface area contributed by atoms with Gasteiger partial charge in [-0.05, 0) is 30.5 Å². The molecule has 18 heavy (non-hydrogen) atoms. The number of aromatic hydroxyl groups is 1. The predicted molar refractivity (Wildman–Crippen MR) is 68.2 cm³/mol. The van der Waals surface area contributed by atoms with E-state index in [2.05, 4.69) is 5.32 Å². The molecule has 1 saturated carbocycles. The maximum Gasteiger partial charge on any atom is 0.224 e. The van der Waals surface area contributed by atoms with Crippen LogP contribution in [0.4, 0.5) is 0 Å². The van der Waals surface area contributed by atoms with Crippen molar-refractivity contribution in [2.24, 2.45) is 5.92 Å². The fraction of sp³-hybridized carbons (Fsp3) is 0.500. The first-order valence-corrected chi connectivity index (χ1v) is 6.37. The number of benzene rings is 1. The number of phenolic OH excluding ortho intramolecular Hbond substituents is 1. The molecule has 98 valence electrons. The molecule has 2 rings (SSSR count). The highest BCUT2D eigenvalue weighted by atomic mass is 16.3. The van der Waals surface area contributed by atoms with Gasteiger partial charge in [-0.3, -0.25) is 4.79 Å². The molecular formula is C14H19NO3. The fourth-order valence-corrected chi connectivity index (χ4v) is 2.56. The summed E-state index contributed by atoms with van der Waals surface area (Å²) in [6.07, 6.45) is 3.25. The maximum absolute atomic E-state index is 11.9. The molecule has 0 aromatic heterocycles. The van der Waals surface area contributed by atoms with Crippen LogP contribution in [-0.4, -0.2) is 28.8 Å². The highest BCUT2D eigenvalue weighted by Gasteiger charge is 2.27. The molecule has 0 saturated heterocycles. The van der Waals surface area contributed by atoms with Gasteiger partial charge < -0.3 is 15.5 Å². The molecule has 2 atom stereocenters. The summed E-state index contributed by atoms with van der Waals surface area (Å²) in [6, 6.07) is 6.82. The Labute approximate surface area is 107 Å². The van der Waals surface area contributed by atoms with Crippen LogP contribution in [0.25, 0.3) is 0 Å². The molecule has 1 aromatic carbocycles. The average Bonchev–Trinajstić information content (AvgIpc) is 2.76. The third kappa shape index (κ3) is 3.23. The number of aliphatic hydroxyl groups excluding tert-OH is 1. The van der Waals surface area contributed by atoms with Gasteiger partial charge in [0.05, 0.1) is 6.42 Å².